The number of amides is 2. The third kappa shape index (κ3) is 9.08. The number of phenols is 2. The third-order valence-electron chi connectivity index (χ3n) is 6.16. The molecule has 0 aliphatic carbocycles. The van der Waals surface area contributed by atoms with E-state index in [2.05, 4.69) is 42.2 Å². The number of anilines is 1. The molecule has 13 heteroatoms. The summed E-state index contributed by atoms with van der Waals surface area (Å²) in [7, 11) is 0. The smallest absolute Gasteiger partial charge is 0.308 e. The summed E-state index contributed by atoms with van der Waals surface area (Å²) in [6.07, 6.45) is -0.834. The van der Waals surface area contributed by atoms with Gasteiger partial charge in [-0.3, -0.25) is 19.4 Å². The average molecular weight is 635 g/mol. The molecule has 222 valence electrons. The van der Waals surface area contributed by atoms with Crippen molar-refractivity contribution < 1.29 is 34.4 Å². The zero-order chi connectivity index (χ0) is 30.3. The molecule has 1 aliphatic rings. The number of benzene rings is 2. The molecule has 0 bridgehead atoms. The van der Waals surface area contributed by atoms with E-state index in [1.54, 1.807) is 19.1 Å². The van der Waals surface area contributed by atoms with E-state index in [1.807, 2.05) is 20.8 Å². The van der Waals surface area contributed by atoms with E-state index in [0.717, 1.165) is 5.56 Å². The van der Waals surface area contributed by atoms with Gasteiger partial charge in [-0.05, 0) is 58.1 Å². The third-order valence-corrected chi connectivity index (χ3v) is 6.77. The number of rotatable bonds is 9. The molecule has 12 nitrogen and oxygen atoms in total. The van der Waals surface area contributed by atoms with Crippen molar-refractivity contribution in [1.82, 2.24) is 16.0 Å². The van der Waals surface area contributed by atoms with Crippen LogP contribution in [0.1, 0.15) is 61.6 Å². The van der Waals surface area contributed by atoms with Gasteiger partial charge >= 0.3 is 5.97 Å². The number of phenolic OH excluding ortho intramolecular Hbond substituents is 2. The Balaban J connectivity index is 1.73. The fourth-order valence-corrected chi connectivity index (χ4v) is 4.49. The number of esters is 1. The highest BCUT2D eigenvalue weighted by molar-refractivity contribution is 9.10. The Labute approximate surface area is 246 Å². The van der Waals surface area contributed by atoms with E-state index in [-0.39, 0.29) is 42.0 Å². The number of aliphatic hydroxyl groups excluding tert-OH is 1. The van der Waals surface area contributed by atoms with Gasteiger partial charge in [-0.15, -0.1) is 0 Å². The Morgan fingerprint density at radius 1 is 1.17 bits per heavy atom. The van der Waals surface area contributed by atoms with Gasteiger partial charge in [0.1, 0.15) is 11.5 Å². The van der Waals surface area contributed by atoms with E-state index >= 15 is 0 Å². The van der Waals surface area contributed by atoms with Crippen LogP contribution in [0, 0.1) is 0 Å². The van der Waals surface area contributed by atoms with Gasteiger partial charge in [-0.25, -0.2) is 0 Å². The zero-order valence-electron chi connectivity index (χ0n) is 23.4. The summed E-state index contributed by atoms with van der Waals surface area (Å²) in [6, 6.07) is 6.69. The number of halogens is 1. The standard InChI is InChI=1S/C28H36BrN5O7/c1-5-41-24(38)11-22(20-8-16(28(2,3)4)9-21(29)25(20)39)34-23(37)14-30-26(40)15-6-17(10-18(35)7-15)33-27-31-12-19(36)13-32-27/h6-10,19,22,35-36,39H,5,11-14H2,1-4H3,(H,30,40)(H,34,37)(H2,31,32,33)/t22-/m0/s1. The molecule has 0 saturated heterocycles. The van der Waals surface area contributed by atoms with Gasteiger partial charge in [-0.1, -0.05) is 20.8 Å². The number of hydrogen-bond acceptors (Lipinski definition) is 10. The first-order valence-corrected chi connectivity index (χ1v) is 13.9. The van der Waals surface area contributed by atoms with E-state index in [4.69, 9.17) is 4.74 Å². The number of aliphatic imine (C=N–C) groups is 1. The minimum absolute atomic E-state index is 0.0827. The second kappa shape index (κ2) is 13.7. The largest absolute Gasteiger partial charge is 0.508 e. The predicted molar refractivity (Wildman–Crippen MR) is 157 cm³/mol. The lowest BCUT2D eigenvalue weighted by Gasteiger charge is -2.25. The number of hydrogen-bond donors (Lipinski definition) is 7. The number of nitrogens with one attached hydrogen (secondary N) is 4. The lowest BCUT2D eigenvalue weighted by atomic mass is 9.85. The van der Waals surface area contributed by atoms with Crippen molar-refractivity contribution in [3.63, 3.8) is 0 Å². The number of guanidine groups is 1. The Hall–Kier alpha value is -3.84. The second-order valence-corrected chi connectivity index (χ2v) is 11.4. The molecule has 2 amide bonds. The summed E-state index contributed by atoms with van der Waals surface area (Å²) in [6.45, 7) is 7.88. The van der Waals surface area contributed by atoms with Crippen molar-refractivity contribution in [2.75, 3.05) is 31.6 Å². The maximum Gasteiger partial charge on any atom is 0.308 e. The maximum atomic E-state index is 12.9. The van der Waals surface area contributed by atoms with Crippen molar-refractivity contribution in [3.8, 4) is 11.5 Å². The summed E-state index contributed by atoms with van der Waals surface area (Å²) >= 11 is 3.36. The minimum atomic E-state index is -0.934. The van der Waals surface area contributed by atoms with Crippen molar-refractivity contribution in [2.45, 2.75) is 51.7 Å². The summed E-state index contributed by atoms with van der Waals surface area (Å²) in [5.41, 5.74) is 1.36. The molecule has 7 N–H and O–H groups in total. The molecule has 1 aliphatic heterocycles. The van der Waals surface area contributed by atoms with Crippen LogP contribution in [0.3, 0.4) is 0 Å². The van der Waals surface area contributed by atoms with Gasteiger partial charge < -0.3 is 41.3 Å². The molecule has 41 heavy (non-hydrogen) atoms. The summed E-state index contributed by atoms with van der Waals surface area (Å²) in [5, 5.41) is 41.5. The molecular weight excluding hydrogens is 598 g/mol. The van der Waals surface area contributed by atoms with Crippen LogP contribution in [-0.2, 0) is 19.7 Å². The molecule has 2 aromatic rings. The molecule has 0 aromatic heterocycles. The van der Waals surface area contributed by atoms with E-state index in [9.17, 15) is 29.7 Å². The molecule has 0 radical (unpaired) electrons. The van der Waals surface area contributed by atoms with Crippen LogP contribution in [0.4, 0.5) is 5.69 Å². The topological polar surface area (TPSA) is 182 Å². The van der Waals surface area contributed by atoms with Crippen LogP contribution >= 0.6 is 15.9 Å². The van der Waals surface area contributed by atoms with E-state index in [0.29, 0.717) is 28.2 Å². The zero-order valence-corrected chi connectivity index (χ0v) is 25.0. The van der Waals surface area contributed by atoms with Crippen LogP contribution in [0.2, 0.25) is 0 Å². The second-order valence-electron chi connectivity index (χ2n) is 10.6. The lowest BCUT2D eigenvalue weighted by molar-refractivity contribution is -0.143. The van der Waals surface area contributed by atoms with Gasteiger partial charge in [0.25, 0.3) is 5.91 Å². The molecule has 2 aromatic carbocycles. The summed E-state index contributed by atoms with van der Waals surface area (Å²) in [4.78, 5) is 42.3. The average Bonchev–Trinajstić information content (AvgIpc) is 2.89. The highest BCUT2D eigenvalue weighted by atomic mass is 79.9. The molecule has 0 fully saturated rings. The normalized spacial score (nSPS) is 15.7. The van der Waals surface area contributed by atoms with Gasteiger partial charge in [0.05, 0.1) is 42.7 Å². The van der Waals surface area contributed by atoms with Gasteiger partial charge in [0.2, 0.25) is 5.91 Å². The SMILES string of the molecule is CCOC(=O)C[C@H](NC(=O)CNC(=O)c1cc(O)cc(NC2=NCC(O)CN2)c1)c1cc(C(C)(C)C)cc(Br)c1O. The number of β-amino-alcohol motifs (C(OH)–C–C–N with tert-alkyl or cyclic N) is 1. The van der Waals surface area contributed by atoms with Crippen molar-refractivity contribution in [2.24, 2.45) is 4.99 Å². The first kappa shape index (κ1) is 31.7. The number of aromatic hydroxyl groups is 2. The lowest BCUT2D eigenvalue weighted by Crippen LogP contribution is -2.42. The van der Waals surface area contributed by atoms with Gasteiger partial charge in [-0.2, -0.15) is 0 Å². The monoisotopic (exact) mass is 633 g/mol. The number of ether oxygens (including phenoxy) is 1. The first-order valence-electron chi connectivity index (χ1n) is 13.1. The number of nitrogens with zero attached hydrogens (tertiary/aromatic N) is 1. The Bertz CT molecular complexity index is 1330. The minimum Gasteiger partial charge on any atom is -0.508 e. The quantitative estimate of drug-likeness (QED) is 0.204. The molecule has 1 heterocycles. The summed E-state index contributed by atoms with van der Waals surface area (Å²) < 4.78 is 5.49. The first-order chi connectivity index (χ1) is 19.3. The van der Waals surface area contributed by atoms with Gasteiger partial charge in [0, 0.05) is 29.4 Å². The fourth-order valence-electron chi connectivity index (χ4n) is 4.02. The van der Waals surface area contributed by atoms with Crippen molar-refractivity contribution in [3.05, 3.63) is 51.5 Å². The Kier molecular flexibility index (Phi) is 10.6. The number of aliphatic hydroxyl groups is 1. The molecule has 0 saturated carbocycles. The van der Waals surface area contributed by atoms with Crippen LogP contribution in [-0.4, -0.2) is 71.4 Å². The fraction of sp³-hybridized carbons (Fsp3) is 0.429. The Morgan fingerprint density at radius 2 is 1.90 bits per heavy atom. The van der Waals surface area contributed by atoms with Gasteiger partial charge in [0.15, 0.2) is 5.96 Å². The highest BCUT2D eigenvalue weighted by Crippen LogP contribution is 2.38. The maximum absolute atomic E-state index is 12.9. The molecule has 1 unspecified atom stereocenters. The molecule has 2 atom stereocenters. The van der Waals surface area contributed by atoms with Crippen LogP contribution in [0.15, 0.2) is 39.8 Å². The predicted octanol–water partition coefficient (Wildman–Crippen LogP) is 2.43. The van der Waals surface area contributed by atoms with Crippen LogP contribution in [0.5, 0.6) is 11.5 Å². The van der Waals surface area contributed by atoms with Crippen LogP contribution in [0.25, 0.3) is 0 Å². The highest BCUT2D eigenvalue weighted by Gasteiger charge is 2.26. The van der Waals surface area contributed by atoms with Crippen LogP contribution < -0.4 is 21.3 Å². The number of carbonyl (C=O) groups excluding carboxylic acids is 3. The molecule has 3 rings (SSSR count). The summed E-state index contributed by atoms with van der Waals surface area (Å²) in [5.74, 6) is -1.73. The molecule has 0 spiro atoms. The van der Waals surface area contributed by atoms with E-state index in [1.165, 1.54) is 18.2 Å². The van der Waals surface area contributed by atoms with Crippen molar-refractivity contribution in [1.29, 1.82) is 0 Å². The number of carbonyl (C=O) groups is 3. The van der Waals surface area contributed by atoms with Crippen molar-refractivity contribution >= 4 is 45.4 Å². The molecular formula is C28H36BrN5O7. The van der Waals surface area contributed by atoms with E-state index < -0.39 is 36.5 Å². The Morgan fingerprint density at radius 3 is 2.54 bits per heavy atom.